The van der Waals surface area contributed by atoms with Gasteiger partial charge in [0, 0.05) is 19.8 Å². The van der Waals surface area contributed by atoms with Crippen LogP contribution in [0.15, 0.2) is 0 Å². The molecule has 0 heterocycles. The van der Waals surface area contributed by atoms with Gasteiger partial charge in [0.1, 0.15) is 0 Å². The molecule has 0 bridgehead atoms. The van der Waals surface area contributed by atoms with E-state index in [-0.39, 0.29) is 0 Å². The van der Waals surface area contributed by atoms with Gasteiger partial charge in [-0.15, -0.1) is 0 Å². The molecule has 0 atom stereocenters. The SMILES string of the molecule is CCCCO.CCCOCCC. The van der Waals surface area contributed by atoms with Gasteiger partial charge in [-0.3, -0.25) is 0 Å². The van der Waals surface area contributed by atoms with Crippen molar-refractivity contribution in [1.82, 2.24) is 0 Å². The highest BCUT2D eigenvalue weighted by atomic mass is 16.5. The fourth-order valence-electron chi connectivity index (χ4n) is 0.549. The molecule has 2 heteroatoms. The van der Waals surface area contributed by atoms with Crippen molar-refractivity contribution in [3.05, 3.63) is 0 Å². The van der Waals surface area contributed by atoms with Gasteiger partial charge < -0.3 is 9.84 Å². The molecule has 0 spiro atoms. The van der Waals surface area contributed by atoms with Gasteiger partial charge in [0.25, 0.3) is 0 Å². The first-order chi connectivity index (χ1) is 5.83. The molecule has 1 N–H and O–H groups in total. The summed E-state index contributed by atoms with van der Waals surface area (Å²) in [6.07, 6.45) is 4.32. The number of hydrogen-bond donors (Lipinski definition) is 1. The smallest absolute Gasteiger partial charge is 0.0463 e. The monoisotopic (exact) mass is 176 g/mol. The summed E-state index contributed by atoms with van der Waals surface area (Å²) < 4.78 is 5.13. The van der Waals surface area contributed by atoms with Crippen LogP contribution in [0.1, 0.15) is 46.5 Å². The Hall–Kier alpha value is -0.0800. The van der Waals surface area contributed by atoms with Gasteiger partial charge in [0.2, 0.25) is 0 Å². The third-order valence-corrected chi connectivity index (χ3v) is 1.21. The minimum Gasteiger partial charge on any atom is -0.396 e. The van der Waals surface area contributed by atoms with Crippen LogP contribution in [0.5, 0.6) is 0 Å². The number of rotatable bonds is 6. The Morgan fingerprint density at radius 2 is 1.42 bits per heavy atom. The highest BCUT2D eigenvalue weighted by Crippen LogP contribution is 1.81. The van der Waals surface area contributed by atoms with E-state index in [0.717, 1.165) is 38.9 Å². The van der Waals surface area contributed by atoms with Gasteiger partial charge in [0.05, 0.1) is 0 Å². The fraction of sp³-hybridized carbons (Fsp3) is 1.00. The van der Waals surface area contributed by atoms with Crippen molar-refractivity contribution < 1.29 is 9.84 Å². The predicted molar refractivity (Wildman–Crippen MR) is 53.4 cm³/mol. The molecule has 0 rings (SSSR count). The third-order valence-electron chi connectivity index (χ3n) is 1.21. The second-order valence-electron chi connectivity index (χ2n) is 2.69. The van der Waals surface area contributed by atoms with E-state index in [1.807, 2.05) is 0 Å². The van der Waals surface area contributed by atoms with Crippen molar-refractivity contribution in [3.8, 4) is 0 Å². The second-order valence-corrected chi connectivity index (χ2v) is 2.69. The van der Waals surface area contributed by atoms with E-state index >= 15 is 0 Å². The predicted octanol–water partition coefficient (Wildman–Crippen LogP) is 2.60. The average molecular weight is 176 g/mol. The van der Waals surface area contributed by atoms with E-state index in [4.69, 9.17) is 9.84 Å². The fourth-order valence-corrected chi connectivity index (χ4v) is 0.549. The topological polar surface area (TPSA) is 29.5 Å². The van der Waals surface area contributed by atoms with Crippen LogP contribution in [0.4, 0.5) is 0 Å². The summed E-state index contributed by atoms with van der Waals surface area (Å²) in [6.45, 7) is 8.49. The number of ether oxygens (including phenoxy) is 1. The van der Waals surface area contributed by atoms with Gasteiger partial charge in [-0.2, -0.15) is 0 Å². The van der Waals surface area contributed by atoms with Crippen LogP contribution in [0.2, 0.25) is 0 Å². The zero-order valence-corrected chi connectivity index (χ0v) is 8.81. The molecule has 0 fully saturated rings. The van der Waals surface area contributed by atoms with Crippen molar-refractivity contribution in [1.29, 1.82) is 0 Å². The standard InChI is InChI=1S/C6H14O.C4H10O/c1-3-5-7-6-4-2;1-2-3-4-5/h3-6H2,1-2H3;5H,2-4H2,1H3. The molecule has 0 aromatic heterocycles. The molecule has 0 aromatic carbocycles. The Morgan fingerprint density at radius 1 is 0.917 bits per heavy atom. The summed E-state index contributed by atoms with van der Waals surface area (Å²) in [4.78, 5) is 0. The first-order valence-electron chi connectivity index (χ1n) is 5.01. The molecule has 0 aliphatic rings. The van der Waals surface area contributed by atoms with Crippen LogP contribution in [0.25, 0.3) is 0 Å². The number of aliphatic hydroxyl groups excluding tert-OH is 1. The summed E-state index contributed by atoms with van der Waals surface area (Å²) in [6, 6.07) is 0. The van der Waals surface area contributed by atoms with E-state index in [1.54, 1.807) is 0 Å². The molecule has 0 saturated heterocycles. The minimum atomic E-state index is 0.344. The average Bonchev–Trinajstić information content (AvgIpc) is 2.08. The molecule has 12 heavy (non-hydrogen) atoms. The molecule has 0 saturated carbocycles. The zero-order chi connectivity index (χ0) is 9.66. The second kappa shape index (κ2) is 17.1. The molecule has 0 aliphatic heterocycles. The minimum absolute atomic E-state index is 0.344. The highest BCUT2D eigenvalue weighted by Gasteiger charge is 1.77. The largest absolute Gasteiger partial charge is 0.396 e. The van der Waals surface area contributed by atoms with Crippen molar-refractivity contribution in [3.63, 3.8) is 0 Å². The van der Waals surface area contributed by atoms with Crippen molar-refractivity contribution in [2.45, 2.75) is 46.5 Å². The summed E-state index contributed by atoms with van der Waals surface area (Å²) in [5, 5.41) is 8.07. The molecule has 76 valence electrons. The first-order valence-corrected chi connectivity index (χ1v) is 5.01. The molecular formula is C10H24O2. The van der Waals surface area contributed by atoms with Crippen LogP contribution < -0.4 is 0 Å². The Labute approximate surface area is 76.9 Å². The lowest BCUT2D eigenvalue weighted by atomic mass is 10.4. The van der Waals surface area contributed by atoms with Crippen LogP contribution in [0.3, 0.4) is 0 Å². The summed E-state index contributed by atoms with van der Waals surface area (Å²) in [5.74, 6) is 0. The maximum atomic E-state index is 8.07. The third kappa shape index (κ3) is 22.5. The first kappa shape index (κ1) is 14.4. The lowest BCUT2D eigenvalue weighted by molar-refractivity contribution is 0.135. The molecule has 0 unspecified atom stereocenters. The highest BCUT2D eigenvalue weighted by molar-refractivity contribution is 4.25. The van der Waals surface area contributed by atoms with Gasteiger partial charge in [-0.05, 0) is 19.3 Å². The molecule has 0 aromatic rings. The molecule has 0 radical (unpaired) electrons. The lowest BCUT2D eigenvalue weighted by Gasteiger charge is -1.95. The molecular weight excluding hydrogens is 152 g/mol. The maximum absolute atomic E-state index is 8.07. The molecule has 2 nitrogen and oxygen atoms in total. The van der Waals surface area contributed by atoms with E-state index < -0.39 is 0 Å². The Kier molecular flexibility index (Phi) is 20.6. The lowest BCUT2D eigenvalue weighted by Crippen LogP contribution is -1.92. The van der Waals surface area contributed by atoms with Crippen LogP contribution in [-0.4, -0.2) is 24.9 Å². The number of aliphatic hydroxyl groups is 1. The summed E-state index contributed by atoms with van der Waals surface area (Å²) in [7, 11) is 0. The zero-order valence-electron chi connectivity index (χ0n) is 8.81. The van der Waals surface area contributed by atoms with E-state index in [1.165, 1.54) is 0 Å². The number of hydrogen-bond acceptors (Lipinski definition) is 2. The Morgan fingerprint density at radius 3 is 1.58 bits per heavy atom. The van der Waals surface area contributed by atoms with E-state index in [9.17, 15) is 0 Å². The Balaban J connectivity index is 0. The summed E-state index contributed by atoms with van der Waals surface area (Å²) >= 11 is 0. The van der Waals surface area contributed by atoms with E-state index in [0.29, 0.717) is 6.61 Å². The van der Waals surface area contributed by atoms with Gasteiger partial charge >= 0.3 is 0 Å². The normalized spacial score (nSPS) is 9.00. The molecule has 0 aliphatic carbocycles. The van der Waals surface area contributed by atoms with E-state index in [2.05, 4.69) is 20.8 Å². The molecule has 0 amide bonds. The van der Waals surface area contributed by atoms with Gasteiger partial charge in [0.15, 0.2) is 0 Å². The van der Waals surface area contributed by atoms with Crippen molar-refractivity contribution >= 4 is 0 Å². The number of unbranched alkanes of at least 4 members (excludes halogenated alkanes) is 1. The van der Waals surface area contributed by atoms with Gasteiger partial charge in [-0.25, -0.2) is 0 Å². The summed E-state index contributed by atoms with van der Waals surface area (Å²) in [5.41, 5.74) is 0. The van der Waals surface area contributed by atoms with Crippen LogP contribution >= 0.6 is 0 Å². The maximum Gasteiger partial charge on any atom is 0.0463 e. The quantitative estimate of drug-likeness (QED) is 0.630. The van der Waals surface area contributed by atoms with Crippen molar-refractivity contribution in [2.24, 2.45) is 0 Å². The van der Waals surface area contributed by atoms with Gasteiger partial charge in [-0.1, -0.05) is 27.2 Å². The van der Waals surface area contributed by atoms with Crippen LogP contribution in [0, 0.1) is 0 Å². The van der Waals surface area contributed by atoms with Crippen LogP contribution in [-0.2, 0) is 4.74 Å². The Bertz CT molecular complexity index is 49.8. The van der Waals surface area contributed by atoms with Crippen molar-refractivity contribution in [2.75, 3.05) is 19.8 Å².